The summed E-state index contributed by atoms with van der Waals surface area (Å²) in [5.74, 6) is -0.314. The van der Waals surface area contributed by atoms with Gasteiger partial charge in [0.05, 0.1) is 0 Å². The maximum Gasteiger partial charge on any atom is 0.303 e. The van der Waals surface area contributed by atoms with E-state index in [2.05, 4.69) is 70.2 Å². The molecule has 1 atom stereocenters. The fourth-order valence-corrected chi connectivity index (χ4v) is 5.32. The van der Waals surface area contributed by atoms with Gasteiger partial charge in [0.25, 0.3) is 0 Å². The number of ketones is 1. The van der Waals surface area contributed by atoms with E-state index in [0.29, 0.717) is 23.2 Å². The molecule has 178 valence electrons. The molecule has 0 aliphatic rings. The molecule has 1 N–H and O–H groups in total. The van der Waals surface area contributed by atoms with Crippen molar-refractivity contribution in [2.75, 3.05) is 0 Å². The molecular weight excluding hydrogens is 440 g/mol. The first kappa shape index (κ1) is 25.8. The molecular formula is C30H34O3S. The molecule has 3 aromatic rings. The zero-order valence-electron chi connectivity index (χ0n) is 20.5. The second-order valence-corrected chi connectivity index (χ2v) is 10.6. The first-order chi connectivity index (χ1) is 16.2. The van der Waals surface area contributed by atoms with Crippen molar-refractivity contribution in [3.63, 3.8) is 0 Å². The summed E-state index contributed by atoms with van der Waals surface area (Å²) in [5.41, 5.74) is 6.93. The molecule has 0 radical (unpaired) electrons. The van der Waals surface area contributed by atoms with Crippen molar-refractivity contribution < 1.29 is 14.7 Å². The summed E-state index contributed by atoms with van der Waals surface area (Å²) in [7, 11) is 0. The molecule has 1 unspecified atom stereocenters. The minimum atomic E-state index is -0.862. The Morgan fingerprint density at radius 3 is 2.06 bits per heavy atom. The highest BCUT2D eigenvalue weighted by molar-refractivity contribution is 7.99. The number of Topliss-reactive ketones (excluding diaryl/α,β-unsaturated/α-hetero) is 1. The number of thioether (sulfide) groups is 1. The maximum atomic E-state index is 12.4. The monoisotopic (exact) mass is 474 g/mol. The van der Waals surface area contributed by atoms with E-state index >= 15 is 0 Å². The Bertz CT molecular complexity index is 1110. The number of rotatable bonds is 11. The fourth-order valence-electron chi connectivity index (χ4n) is 3.92. The van der Waals surface area contributed by atoms with Crippen LogP contribution in [0.5, 0.6) is 0 Å². The maximum absolute atomic E-state index is 12.4. The van der Waals surface area contributed by atoms with Crippen LogP contribution in [0.1, 0.15) is 71.8 Å². The predicted molar refractivity (Wildman–Crippen MR) is 142 cm³/mol. The van der Waals surface area contributed by atoms with Gasteiger partial charge in [-0.15, -0.1) is 11.8 Å². The summed E-state index contributed by atoms with van der Waals surface area (Å²) in [5, 5.41) is 9.06. The number of carboxylic acids is 1. The van der Waals surface area contributed by atoms with Gasteiger partial charge in [0.2, 0.25) is 0 Å². The number of aliphatic carboxylic acids is 1. The number of carboxylic acid groups (broad SMARTS) is 1. The molecule has 34 heavy (non-hydrogen) atoms. The molecule has 0 heterocycles. The van der Waals surface area contributed by atoms with Gasteiger partial charge in [0, 0.05) is 28.6 Å². The van der Waals surface area contributed by atoms with Crippen LogP contribution in [-0.4, -0.2) is 16.9 Å². The zero-order chi connectivity index (χ0) is 24.7. The Kier molecular flexibility index (Phi) is 9.12. The Labute approximate surface area is 207 Å². The standard InChI is InChI=1S/C30H34O3S/c1-20(2)18-29(25-12-10-24(11-13-25)28(31)6-5-7-30(32)33)34-27-16-14-23(15-17-27)26-9-8-21(3)22(4)19-26/h8-17,19-20,29H,5-7,18H2,1-4H3,(H,32,33). The normalized spacial score (nSPS) is 12.0. The average molecular weight is 475 g/mol. The summed E-state index contributed by atoms with van der Waals surface area (Å²) in [6.45, 7) is 8.75. The molecule has 3 aromatic carbocycles. The van der Waals surface area contributed by atoms with Gasteiger partial charge in [-0.3, -0.25) is 9.59 Å². The van der Waals surface area contributed by atoms with E-state index in [1.165, 1.54) is 32.7 Å². The van der Waals surface area contributed by atoms with Gasteiger partial charge >= 0.3 is 5.97 Å². The lowest BCUT2D eigenvalue weighted by atomic mass is 9.99. The average Bonchev–Trinajstić information content (AvgIpc) is 2.80. The molecule has 0 saturated carbocycles. The summed E-state index contributed by atoms with van der Waals surface area (Å²) in [6.07, 6.45) is 1.71. The van der Waals surface area contributed by atoms with Gasteiger partial charge in [0.1, 0.15) is 0 Å². The third kappa shape index (κ3) is 7.33. The fraction of sp³-hybridized carbons (Fsp3) is 0.333. The smallest absolute Gasteiger partial charge is 0.303 e. The number of aryl methyl sites for hydroxylation is 2. The molecule has 0 spiro atoms. The van der Waals surface area contributed by atoms with E-state index in [9.17, 15) is 9.59 Å². The highest BCUT2D eigenvalue weighted by Crippen LogP contribution is 2.40. The van der Waals surface area contributed by atoms with Crippen molar-refractivity contribution >= 4 is 23.5 Å². The largest absolute Gasteiger partial charge is 0.481 e. The highest BCUT2D eigenvalue weighted by atomic mass is 32.2. The summed E-state index contributed by atoms with van der Waals surface area (Å²) < 4.78 is 0. The number of carbonyl (C=O) groups excluding carboxylic acids is 1. The molecule has 0 aliphatic heterocycles. The lowest BCUT2D eigenvalue weighted by Gasteiger charge is -2.20. The van der Waals surface area contributed by atoms with Gasteiger partial charge < -0.3 is 5.11 Å². The van der Waals surface area contributed by atoms with Crippen LogP contribution in [0.2, 0.25) is 0 Å². The number of carbonyl (C=O) groups is 2. The van der Waals surface area contributed by atoms with E-state index in [-0.39, 0.29) is 18.6 Å². The predicted octanol–water partition coefficient (Wildman–Crippen LogP) is 8.29. The molecule has 3 nitrogen and oxygen atoms in total. The van der Waals surface area contributed by atoms with Crippen LogP contribution in [-0.2, 0) is 4.79 Å². The molecule has 0 saturated heterocycles. The van der Waals surface area contributed by atoms with Crippen molar-refractivity contribution in [2.24, 2.45) is 5.92 Å². The Balaban J connectivity index is 1.71. The molecule has 0 aromatic heterocycles. The molecule has 0 aliphatic carbocycles. The van der Waals surface area contributed by atoms with Crippen LogP contribution in [0.25, 0.3) is 11.1 Å². The Morgan fingerprint density at radius 1 is 0.824 bits per heavy atom. The highest BCUT2D eigenvalue weighted by Gasteiger charge is 2.16. The SMILES string of the molecule is Cc1ccc(-c2ccc(SC(CC(C)C)c3ccc(C(=O)CCCC(=O)O)cc3)cc2)cc1C. The van der Waals surface area contributed by atoms with Gasteiger partial charge in [-0.1, -0.05) is 68.4 Å². The van der Waals surface area contributed by atoms with Gasteiger partial charge in [-0.25, -0.2) is 0 Å². The van der Waals surface area contributed by atoms with E-state index in [4.69, 9.17) is 5.11 Å². The summed E-state index contributed by atoms with van der Waals surface area (Å²) in [6, 6.07) is 23.2. The van der Waals surface area contributed by atoms with Crippen molar-refractivity contribution in [3.05, 3.63) is 89.0 Å². The van der Waals surface area contributed by atoms with Crippen LogP contribution in [0.4, 0.5) is 0 Å². The first-order valence-electron chi connectivity index (χ1n) is 11.9. The van der Waals surface area contributed by atoms with Crippen LogP contribution >= 0.6 is 11.8 Å². The topological polar surface area (TPSA) is 54.4 Å². The van der Waals surface area contributed by atoms with E-state index in [1.54, 1.807) is 0 Å². The van der Waals surface area contributed by atoms with Crippen molar-refractivity contribution in [2.45, 2.75) is 63.5 Å². The second kappa shape index (κ2) is 12.0. The molecule has 0 amide bonds. The third-order valence-electron chi connectivity index (χ3n) is 6.06. The third-order valence-corrected chi connectivity index (χ3v) is 7.35. The minimum absolute atomic E-state index is 0.00259. The first-order valence-corrected chi connectivity index (χ1v) is 12.8. The van der Waals surface area contributed by atoms with Crippen LogP contribution < -0.4 is 0 Å². The summed E-state index contributed by atoms with van der Waals surface area (Å²) >= 11 is 1.86. The molecule has 3 rings (SSSR count). The minimum Gasteiger partial charge on any atom is -0.481 e. The Hall–Kier alpha value is -2.85. The van der Waals surface area contributed by atoms with Gasteiger partial charge in [-0.05, 0) is 72.6 Å². The number of hydrogen-bond acceptors (Lipinski definition) is 3. The van der Waals surface area contributed by atoms with Crippen molar-refractivity contribution in [3.8, 4) is 11.1 Å². The molecule has 0 bridgehead atoms. The van der Waals surface area contributed by atoms with Crippen molar-refractivity contribution in [1.29, 1.82) is 0 Å². The zero-order valence-corrected chi connectivity index (χ0v) is 21.3. The Morgan fingerprint density at radius 2 is 1.47 bits per heavy atom. The van der Waals surface area contributed by atoms with E-state index < -0.39 is 5.97 Å². The van der Waals surface area contributed by atoms with Crippen LogP contribution in [0, 0.1) is 19.8 Å². The summed E-state index contributed by atoms with van der Waals surface area (Å²) in [4.78, 5) is 24.3. The number of benzene rings is 3. The molecule has 4 heteroatoms. The molecule has 0 fully saturated rings. The van der Waals surface area contributed by atoms with E-state index in [1.807, 2.05) is 36.0 Å². The van der Waals surface area contributed by atoms with Crippen molar-refractivity contribution in [1.82, 2.24) is 0 Å². The number of hydrogen-bond donors (Lipinski definition) is 1. The lowest BCUT2D eigenvalue weighted by molar-refractivity contribution is -0.137. The lowest BCUT2D eigenvalue weighted by Crippen LogP contribution is -2.03. The van der Waals surface area contributed by atoms with Gasteiger partial charge in [-0.2, -0.15) is 0 Å². The van der Waals surface area contributed by atoms with Gasteiger partial charge in [0.15, 0.2) is 5.78 Å². The van der Waals surface area contributed by atoms with Crippen LogP contribution in [0.15, 0.2) is 71.6 Å². The quantitative estimate of drug-likeness (QED) is 0.224. The van der Waals surface area contributed by atoms with E-state index in [0.717, 1.165) is 6.42 Å². The van der Waals surface area contributed by atoms with Crippen LogP contribution in [0.3, 0.4) is 0 Å². The second-order valence-electron chi connectivity index (χ2n) is 9.35.